The first-order chi connectivity index (χ1) is 14.5. The second kappa shape index (κ2) is 10.2. The molecule has 3 rings (SSSR count). The van der Waals surface area contributed by atoms with Gasteiger partial charge in [0.05, 0.1) is 25.7 Å². The van der Waals surface area contributed by atoms with Crippen molar-refractivity contribution in [3.63, 3.8) is 0 Å². The number of fused-ring (bicyclic) bond motifs is 1. The van der Waals surface area contributed by atoms with Crippen LogP contribution in [0, 0.1) is 0 Å². The summed E-state index contributed by atoms with van der Waals surface area (Å²) in [6, 6.07) is 7.04. The van der Waals surface area contributed by atoms with Gasteiger partial charge in [0, 0.05) is 4.88 Å². The van der Waals surface area contributed by atoms with E-state index in [1.165, 1.54) is 11.3 Å². The summed E-state index contributed by atoms with van der Waals surface area (Å²) in [5.41, 5.74) is 2.17. The van der Waals surface area contributed by atoms with E-state index in [1.54, 1.807) is 38.3 Å². The molecule has 0 fully saturated rings. The lowest BCUT2D eigenvalue weighted by Crippen LogP contribution is -2.22. The fourth-order valence-corrected chi connectivity index (χ4v) is 4.64. The molecule has 2 aromatic rings. The van der Waals surface area contributed by atoms with E-state index in [0.29, 0.717) is 16.3 Å². The molecule has 0 aliphatic heterocycles. The molecule has 160 valence electrons. The van der Waals surface area contributed by atoms with Gasteiger partial charge >= 0.3 is 11.9 Å². The summed E-state index contributed by atoms with van der Waals surface area (Å²) >= 11 is 1.40. The number of carbonyl (C=O) groups excluding carboxylic acids is 3. The van der Waals surface area contributed by atoms with Crippen LogP contribution in [0.5, 0.6) is 5.75 Å². The number of amides is 1. The lowest BCUT2D eigenvalue weighted by molar-refractivity contribution is -0.146. The Morgan fingerprint density at radius 1 is 1.07 bits per heavy atom. The quantitative estimate of drug-likeness (QED) is 0.643. The average Bonchev–Trinajstić information content (AvgIpc) is 3.10. The van der Waals surface area contributed by atoms with Gasteiger partial charge in [-0.05, 0) is 55.9 Å². The Balaban J connectivity index is 1.59. The molecule has 8 heteroatoms. The van der Waals surface area contributed by atoms with E-state index >= 15 is 0 Å². The van der Waals surface area contributed by atoms with Gasteiger partial charge in [0.15, 0.2) is 6.61 Å². The average molecular weight is 432 g/mol. The molecular formula is C22H25NO6S. The Morgan fingerprint density at radius 2 is 1.80 bits per heavy atom. The number of hydrogen-bond acceptors (Lipinski definition) is 7. The molecule has 1 amide bonds. The van der Waals surface area contributed by atoms with Crippen LogP contribution in [0.4, 0.5) is 5.00 Å². The first-order valence-corrected chi connectivity index (χ1v) is 10.7. The minimum atomic E-state index is -0.508. The van der Waals surface area contributed by atoms with Gasteiger partial charge in [-0.15, -0.1) is 11.3 Å². The van der Waals surface area contributed by atoms with E-state index in [4.69, 9.17) is 14.2 Å². The highest BCUT2D eigenvalue weighted by Gasteiger charge is 2.27. The number of aryl methyl sites for hydroxylation is 1. The van der Waals surface area contributed by atoms with Gasteiger partial charge in [-0.2, -0.15) is 0 Å². The van der Waals surface area contributed by atoms with Gasteiger partial charge in [-0.25, -0.2) is 4.79 Å². The van der Waals surface area contributed by atoms with Crippen molar-refractivity contribution in [2.24, 2.45) is 0 Å². The smallest absolute Gasteiger partial charge is 0.341 e. The summed E-state index contributed by atoms with van der Waals surface area (Å²) in [6.45, 7) is 1.59. The molecule has 1 N–H and O–H groups in total. The van der Waals surface area contributed by atoms with Crippen LogP contribution in [-0.4, -0.2) is 38.2 Å². The molecule has 0 radical (unpaired) electrons. The van der Waals surface area contributed by atoms with Crippen molar-refractivity contribution >= 4 is 34.2 Å². The number of hydrogen-bond donors (Lipinski definition) is 1. The van der Waals surface area contributed by atoms with Crippen molar-refractivity contribution in [1.29, 1.82) is 0 Å². The first kappa shape index (κ1) is 21.8. The topological polar surface area (TPSA) is 90.9 Å². The third-order valence-corrected chi connectivity index (χ3v) is 5.98. The van der Waals surface area contributed by atoms with E-state index in [0.717, 1.165) is 41.7 Å². The maximum absolute atomic E-state index is 12.4. The zero-order chi connectivity index (χ0) is 21.5. The zero-order valence-corrected chi connectivity index (χ0v) is 17.9. The number of anilines is 1. The van der Waals surface area contributed by atoms with Gasteiger partial charge < -0.3 is 19.5 Å². The second-order valence-corrected chi connectivity index (χ2v) is 7.97. The van der Waals surface area contributed by atoms with Gasteiger partial charge in [-0.1, -0.05) is 12.1 Å². The van der Waals surface area contributed by atoms with E-state index in [2.05, 4.69) is 5.32 Å². The predicted molar refractivity (Wildman–Crippen MR) is 113 cm³/mol. The largest absolute Gasteiger partial charge is 0.497 e. The van der Waals surface area contributed by atoms with Crippen LogP contribution in [-0.2, 0) is 38.3 Å². The molecule has 0 bridgehead atoms. The van der Waals surface area contributed by atoms with Crippen molar-refractivity contribution < 1.29 is 28.6 Å². The summed E-state index contributed by atoms with van der Waals surface area (Å²) < 4.78 is 15.4. The summed E-state index contributed by atoms with van der Waals surface area (Å²) in [5.74, 6) is -0.722. The normalized spacial score (nSPS) is 12.6. The van der Waals surface area contributed by atoms with Crippen LogP contribution in [0.2, 0.25) is 0 Å². The maximum atomic E-state index is 12.4. The monoisotopic (exact) mass is 431 g/mol. The highest BCUT2D eigenvalue weighted by molar-refractivity contribution is 7.17. The standard InChI is InChI=1S/C22H25NO6S/c1-3-28-22(26)20-16-6-4-5-7-17(16)30-21(20)23-18(24)13-29-19(25)12-14-8-10-15(27-2)11-9-14/h8-11H,3-7,12-13H2,1-2H3,(H,23,24). The van der Waals surface area contributed by atoms with Gasteiger partial charge in [0.1, 0.15) is 10.8 Å². The number of thiophene rings is 1. The SMILES string of the molecule is CCOC(=O)c1c(NC(=O)COC(=O)Cc2ccc(OC)cc2)sc2c1CCCC2. The van der Waals surface area contributed by atoms with Crippen LogP contribution in [0.25, 0.3) is 0 Å². The van der Waals surface area contributed by atoms with Crippen LogP contribution in [0.15, 0.2) is 24.3 Å². The van der Waals surface area contributed by atoms with E-state index < -0.39 is 24.5 Å². The second-order valence-electron chi connectivity index (χ2n) is 6.87. The molecule has 1 aromatic heterocycles. The minimum Gasteiger partial charge on any atom is -0.497 e. The number of benzene rings is 1. The molecule has 30 heavy (non-hydrogen) atoms. The number of carbonyl (C=O) groups is 3. The number of esters is 2. The maximum Gasteiger partial charge on any atom is 0.341 e. The van der Waals surface area contributed by atoms with Crippen LogP contribution < -0.4 is 10.1 Å². The molecule has 0 spiro atoms. The van der Waals surface area contributed by atoms with Gasteiger partial charge in [-0.3, -0.25) is 9.59 Å². The van der Waals surface area contributed by atoms with Crippen molar-refractivity contribution in [3.05, 3.63) is 45.8 Å². The molecule has 7 nitrogen and oxygen atoms in total. The summed E-state index contributed by atoms with van der Waals surface area (Å²) in [6.07, 6.45) is 3.81. The van der Waals surface area contributed by atoms with E-state index in [-0.39, 0.29) is 13.0 Å². The number of nitrogens with one attached hydrogen (secondary N) is 1. The van der Waals surface area contributed by atoms with Crippen molar-refractivity contribution in [3.8, 4) is 5.75 Å². The Hall–Kier alpha value is -2.87. The fourth-order valence-electron chi connectivity index (χ4n) is 3.34. The molecular weight excluding hydrogens is 406 g/mol. The Bertz CT molecular complexity index is 918. The lowest BCUT2D eigenvalue weighted by atomic mass is 9.95. The molecule has 0 atom stereocenters. The number of rotatable bonds is 8. The summed E-state index contributed by atoms with van der Waals surface area (Å²) in [7, 11) is 1.57. The number of ether oxygens (including phenoxy) is 3. The van der Waals surface area contributed by atoms with Crippen molar-refractivity contribution in [2.75, 3.05) is 25.6 Å². The van der Waals surface area contributed by atoms with Gasteiger partial charge in [0.25, 0.3) is 5.91 Å². The fraction of sp³-hybridized carbons (Fsp3) is 0.409. The van der Waals surface area contributed by atoms with Gasteiger partial charge in [0.2, 0.25) is 0 Å². The van der Waals surface area contributed by atoms with Crippen molar-refractivity contribution in [1.82, 2.24) is 0 Å². The minimum absolute atomic E-state index is 0.0542. The lowest BCUT2D eigenvalue weighted by Gasteiger charge is -2.12. The Morgan fingerprint density at radius 3 is 2.50 bits per heavy atom. The molecule has 0 saturated carbocycles. The molecule has 1 aromatic carbocycles. The molecule has 1 heterocycles. The Kier molecular flexibility index (Phi) is 7.46. The zero-order valence-electron chi connectivity index (χ0n) is 17.1. The summed E-state index contributed by atoms with van der Waals surface area (Å²) in [4.78, 5) is 37.9. The summed E-state index contributed by atoms with van der Waals surface area (Å²) in [5, 5.41) is 3.20. The molecule has 1 aliphatic rings. The predicted octanol–water partition coefficient (Wildman–Crippen LogP) is 3.54. The highest BCUT2D eigenvalue weighted by atomic mass is 32.1. The van der Waals surface area contributed by atoms with E-state index in [1.807, 2.05) is 0 Å². The molecule has 0 saturated heterocycles. The Labute approximate surface area is 179 Å². The highest BCUT2D eigenvalue weighted by Crippen LogP contribution is 2.38. The van der Waals surface area contributed by atoms with Crippen LogP contribution in [0.3, 0.4) is 0 Å². The molecule has 1 aliphatic carbocycles. The third kappa shape index (κ3) is 5.38. The third-order valence-electron chi connectivity index (χ3n) is 4.78. The first-order valence-electron chi connectivity index (χ1n) is 9.91. The van der Waals surface area contributed by atoms with Crippen LogP contribution >= 0.6 is 11.3 Å². The number of methoxy groups -OCH3 is 1. The van der Waals surface area contributed by atoms with Crippen LogP contribution in [0.1, 0.15) is 46.1 Å². The van der Waals surface area contributed by atoms with E-state index in [9.17, 15) is 14.4 Å². The molecule has 0 unspecified atom stereocenters. The van der Waals surface area contributed by atoms with Crippen molar-refractivity contribution in [2.45, 2.75) is 39.0 Å².